The van der Waals surface area contributed by atoms with E-state index in [-0.39, 0.29) is 5.41 Å². The van der Waals surface area contributed by atoms with E-state index in [1.807, 2.05) is 32.0 Å². The van der Waals surface area contributed by atoms with Gasteiger partial charge in [0.1, 0.15) is 6.29 Å². The Kier molecular flexibility index (Phi) is 3.18. The Morgan fingerprint density at radius 3 is 2.77 bits per heavy atom. The molecule has 0 N–H and O–H groups in total. The standard InChI is InChI=1S/C11H15NO/c1-3-11(2,9-13)8-10-6-4-5-7-12-10/h4-7,9H,3,8H2,1-2H3. The molecule has 1 unspecified atom stereocenters. The van der Waals surface area contributed by atoms with Gasteiger partial charge in [-0.1, -0.05) is 19.9 Å². The largest absolute Gasteiger partial charge is 0.303 e. The maximum Gasteiger partial charge on any atom is 0.126 e. The number of carbonyl (C=O) groups is 1. The molecule has 0 saturated heterocycles. The third kappa shape index (κ3) is 2.65. The van der Waals surface area contributed by atoms with Crippen molar-refractivity contribution in [3.63, 3.8) is 0 Å². The summed E-state index contributed by atoms with van der Waals surface area (Å²) in [7, 11) is 0. The van der Waals surface area contributed by atoms with Crippen LogP contribution in [0.25, 0.3) is 0 Å². The number of pyridine rings is 1. The quantitative estimate of drug-likeness (QED) is 0.660. The Balaban J connectivity index is 2.73. The molecule has 0 saturated carbocycles. The summed E-state index contributed by atoms with van der Waals surface area (Å²) in [6, 6.07) is 5.79. The number of carbonyl (C=O) groups excluding carboxylic acids is 1. The Labute approximate surface area is 79.0 Å². The highest BCUT2D eigenvalue weighted by molar-refractivity contribution is 5.59. The van der Waals surface area contributed by atoms with Crippen molar-refractivity contribution >= 4 is 6.29 Å². The minimum Gasteiger partial charge on any atom is -0.303 e. The molecule has 0 aliphatic heterocycles. The van der Waals surface area contributed by atoms with Crippen LogP contribution in [-0.4, -0.2) is 11.3 Å². The molecular weight excluding hydrogens is 162 g/mol. The summed E-state index contributed by atoms with van der Waals surface area (Å²) in [5.41, 5.74) is 0.730. The van der Waals surface area contributed by atoms with E-state index >= 15 is 0 Å². The molecule has 1 atom stereocenters. The summed E-state index contributed by atoms with van der Waals surface area (Å²) >= 11 is 0. The van der Waals surface area contributed by atoms with E-state index in [9.17, 15) is 4.79 Å². The fourth-order valence-corrected chi connectivity index (χ4v) is 1.17. The number of nitrogens with zero attached hydrogens (tertiary/aromatic N) is 1. The lowest BCUT2D eigenvalue weighted by atomic mass is 9.84. The van der Waals surface area contributed by atoms with E-state index in [4.69, 9.17) is 0 Å². The molecule has 0 aliphatic carbocycles. The lowest BCUT2D eigenvalue weighted by Gasteiger charge is -2.19. The molecule has 2 nitrogen and oxygen atoms in total. The second kappa shape index (κ2) is 4.17. The van der Waals surface area contributed by atoms with Gasteiger partial charge in [0.2, 0.25) is 0 Å². The minimum absolute atomic E-state index is 0.256. The Morgan fingerprint density at radius 2 is 2.31 bits per heavy atom. The van der Waals surface area contributed by atoms with Gasteiger partial charge in [-0.25, -0.2) is 0 Å². The highest BCUT2D eigenvalue weighted by Crippen LogP contribution is 2.22. The van der Waals surface area contributed by atoms with E-state index in [1.54, 1.807) is 6.20 Å². The van der Waals surface area contributed by atoms with Crippen molar-refractivity contribution in [1.29, 1.82) is 0 Å². The van der Waals surface area contributed by atoms with Crippen LogP contribution in [0.5, 0.6) is 0 Å². The van der Waals surface area contributed by atoms with Crippen LogP contribution in [0.2, 0.25) is 0 Å². The Bertz CT molecular complexity index is 271. The lowest BCUT2D eigenvalue weighted by molar-refractivity contribution is -0.115. The maximum absolute atomic E-state index is 10.8. The maximum atomic E-state index is 10.8. The van der Waals surface area contributed by atoms with E-state index < -0.39 is 0 Å². The van der Waals surface area contributed by atoms with E-state index in [2.05, 4.69) is 4.98 Å². The fourth-order valence-electron chi connectivity index (χ4n) is 1.17. The van der Waals surface area contributed by atoms with Gasteiger partial charge in [-0.3, -0.25) is 4.98 Å². The molecule has 13 heavy (non-hydrogen) atoms. The molecule has 1 heterocycles. The van der Waals surface area contributed by atoms with Crippen molar-refractivity contribution in [2.45, 2.75) is 26.7 Å². The molecule has 0 amide bonds. The first kappa shape index (κ1) is 9.90. The minimum atomic E-state index is -0.256. The Hall–Kier alpha value is -1.18. The smallest absolute Gasteiger partial charge is 0.126 e. The van der Waals surface area contributed by atoms with Crippen LogP contribution >= 0.6 is 0 Å². The summed E-state index contributed by atoms with van der Waals surface area (Å²) < 4.78 is 0. The lowest BCUT2D eigenvalue weighted by Crippen LogP contribution is -2.20. The zero-order valence-corrected chi connectivity index (χ0v) is 8.16. The predicted octanol–water partition coefficient (Wildman–Crippen LogP) is 2.24. The van der Waals surface area contributed by atoms with Crippen LogP contribution in [0.4, 0.5) is 0 Å². The average molecular weight is 177 g/mol. The van der Waals surface area contributed by atoms with Crippen LogP contribution in [0.15, 0.2) is 24.4 Å². The molecule has 0 aliphatic rings. The SMILES string of the molecule is CCC(C)(C=O)Cc1ccccn1. The van der Waals surface area contributed by atoms with E-state index in [1.165, 1.54) is 0 Å². The first-order chi connectivity index (χ1) is 6.20. The third-order valence-corrected chi connectivity index (χ3v) is 2.40. The molecule has 70 valence electrons. The summed E-state index contributed by atoms with van der Waals surface area (Å²) in [6.07, 6.45) is 4.37. The zero-order valence-electron chi connectivity index (χ0n) is 8.16. The predicted molar refractivity (Wildman–Crippen MR) is 52.4 cm³/mol. The fraction of sp³-hybridized carbons (Fsp3) is 0.455. The van der Waals surface area contributed by atoms with Crippen LogP contribution in [-0.2, 0) is 11.2 Å². The second-order valence-electron chi connectivity index (χ2n) is 3.62. The number of hydrogen-bond donors (Lipinski definition) is 0. The van der Waals surface area contributed by atoms with Gasteiger partial charge in [-0.2, -0.15) is 0 Å². The van der Waals surface area contributed by atoms with Gasteiger partial charge in [0.15, 0.2) is 0 Å². The first-order valence-corrected chi connectivity index (χ1v) is 4.56. The van der Waals surface area contributed by atoms with Crippen molar-refractivity contribution in [2.24, 2.45) is 5.41 Å². The molecule has 0 bridgehead atoms. The summed E-state index contributed by atoms with van der Waals surface area (Å²) in [5.74, 6) is 0. The van der Waals surface area contributed by atoms with Gasteiger partial charge < -0.3 is 4.79 Å². The number of aldehydes is 1. The van der Waals surface area contributed by atoms with Gasteiger partial charge in [0.05, 0.1) is 0 Å². The van der Waals surface area contributed by atoms with Crippen molar-refractivity contribution in [3.05, 3.63) is 30.1 Å². The molecule has 0 spiro atoms. The first-order valence-electron chi connectivity index (χ1n) is 4.56. The Morgan fingerprint density at radius 1 is 1.54 bits per heavy atom. The second-order valence-corrected chi connectivity index (χ2v) is 3.62. The zero-order chi connectivity index (χ0) is 9.73. The topological polar surface area (TPSA) is 30.0 Å². The molecule has 1 rings (SSSR count). The van der Waals surface area contributed by atoms with E-state index in [0.717, 1.165) is 24.8 Å². The summed E-state index contributed by atoms with van der Waals surface area (Å²) in [4.78, 5) is 15.0. The van der Waals surface area contributed by atoms with Gasteiger partial charge in [-0.05, 0) is 18.6 Å². The molecule has 0 fully saturated rings. The van der Waals surface area contributed by atoms with Gasteiger partial charge in [-0.15, -0.1) is 0 Å². The molecule has 0 aromatic carbocycles. The summed E-state index contributed by atoms with van der Waals surface area (Å²) in [5, 5.41) is 0. The average Bonchev–Trinajstić information content (AvgIpc) is 2.19. The molecule has 1 aromatic heterocycles. The number of hydrogen-bond acceptors (Lipinski definition) is 2. The summed E-state index contributed by atoms with van der Waals surface area (Å²) in [6.45, 7) is 3.99. The van der Waals surface area contributed by atoms with Crippen molar-refractivity contribution in [1.82, 2.24) is 4.98 Å². The van der Waals surface area contributed by atoms with Gasteiger partial charge in [0, 0.05) is 23.7 Å². The van der Waals surface area contributed by atoms with Crippen molar-refractivity contribution < 1.29 is 4.79 Å². The molecule has 0 radical (unpaired) electrons. The van der Waals surface area contributed by atoms with Crippen LogP contribution in [0.3, 0.4) is 0 Å². The highest BCUT2D eigenvalue weighted by atomic mass is 16.1. The van der Waals surface area contributed by atoms with Crippen molar-refractivity contribution in [3.8, 4) is 0 Å². The molecular formula is C11H15NO. The normalized spacial score (nSPS) is 14.9. The van der Waals surface area contributed by atoms with Crippen molar-refractivity contribution in [2.75, 3.05) is 0 Å². The van der Waals surface area contributed by atoms with Gasteiger partial charge in [0.25, 0.3) is 0 Å². The van der Waals surface area contributed by atoms with Gasteiger partial charge >= 0.3 is 0 Å². The number of rotatable bonds is 4. The molecule has 2 heteroatoms. The van der Waals surface area contributed by atoms with Crippen LogP contribution < -0.4 is 0 Å². The van der Waals surface area contributed by atoms with E-state index in [0.29, 0.717) is 0 Å². The number of aromatic nitrogens is 1. The molecule has 1 aromatic rings. The van der Waals surface area contributed by atoms with Crippen LogP contribution in [0, 0.1) is 5.41 Å². The van der Waals surface area contributed by atoms with Crippen LogP contribution in [0.1, 0.15) is 26.0 Å². The highest BCUT2D eigenvalue weighted by Gasteiger charge is 2.21. The third-order valence-electron chi connectivity index (χ3n) is 2.40. The monoisotopic (exact) mass is 177 g/mol.